The molecule has 0 bridgehead atoms. The van der Waals surface area contributed by atoms with E-state index in [0.29, 0.717) is 5.92 Å². The van der Waals surface area contributed by atoms with E-state index in [1.165, 1.54) is 12.8 Å². The molecule has 4 nitrogen and oxygen atoms in total. The molecule has 0 aliphatic carbocycles. The third-order valence-corrected chi connectivity index (χ3v) is 3.95. The smallest absolute Gasteiger partial charge is 0.139 e. The summed E-state index contributed by atoms with van der Waals surface area (Å²) in [6.45, 7) is 8.64. The summed E-state index contributed by atoms with van der Waals surface area (Å²) in [5.74, 6) is 1.69. The van der Waals surface area contributed by atoms with Crippen LogP contribution in [0.1, 0.15) is 33.6 Å². The molecule has 0 aliphatic heterocycles. The fraction of sp³-hybridized carbons (Fsp3) is 0.500. The number of nitrogen functional groups attached to an aromatic ring is 1. The van der Waals surface area contributed by atoms with Gasteiger partial charge in [-0.05, 0) is 31.0 Å². The number of nitrogens with zero attached hydrogens (tertiary/aromatic N) is 3. The van der Waals surface area contributed by atoms with E-state index >= 15 is 0 Å². The van der Waals surface area contributed by atoms with Crippen LogP contribution < -0.4 is 10.6 Å². The van der Waals surface area contributed by atoms with Gasteiger partial charge in [-0.2, -0.15) is 0 Å². The number of rotatable bonds is 6. The molecule has 0 fully saturated rings. The van der Waals surface area contributed by atoms with Gasteiger partial charge in [-0.25, -0.2) is 9.97 Å². The van der Waals surface area contributed by atoms with Crippen LogP contribution in [0, 0.1) is 5.92 Å². The fourth-order valence-corrected chi connectivity index (χ4v) is 2.54. The summed E-state index contributed by atoms with van der Waals surface area (Å²) < 4.78 is 0. The molecule has 1 aromatic carbocycles. The molecule has 1 heterocycles. The van der Waals surface area contributed by atoms with Gasteiger partial charge < -0.3 is 10.6 Å². The monoisotopic (exact) mass is 272 g/mol. The molecule has 0 amide bonds. The fourth-order valence-electron chi connectivity index (χ4n) is 2.54. The number of benzene rings is 1. The summed E-state index contributed by atoms with van der Waals surface area (Å²) in [6, 6.07) is 5.82. The Kier molecular flexibility index (Phi) is 4.77. The SMILES string of the molecule is CCC(CC)CN(CC)c1ncnc2ccc(N)cc12. The van der Waals surface area contributed by atoms with Crippen molar-refractivity contribution in [2.24, 2.45) is 5.92 Å². The highest BCUT2D eigenvalue weighted by molar-refractivity contribution is 5.91. The maximum Gasteiger partial charge on any atom is 0.139 e. The van der Waals surface area contributed by atoms with Gasteiger partial charge in [-0.15, -0.1) is 0 Å². The van der Waals surface area contributed by atoms with Crippen LogP contribution in [0.4, 0.5) is 11.5 Å². The van der Waals surface area contributed by atoms with Crippen molar-refractivity contribution in [3.8, 4) is 0 Å². The lowest BCUT2D eigenvalue weighted by Gasteiger charge is -2.27. The first-order chi connectivity index (χ1) is 9.69. The predicted molar refractivity (Wildman–Crippen MR) is 85.9 cm³/mol. The van der Waals surface area contributed by atoms with E-state index in [0.717, 1.165) is 35.5 Å². The predicted octanol–water partition coefficient (Wildman–Crippen LogP) is 3.47. The summed E-state index contributed by atoms with van der Waals surface area (Å²) in [5, 5.41) is 1.04. The summed E-state index contributed by atoms with van der Waals surface area (Å²) in [4.78, 5) is 11.2. The first-order valence-corrected chi connectivity index (χ1v) is 7.44. The van der Waals surface area contributed by atoms with Crippen molar-refractivity contribution in [2.45, 2.75) is 33.6 Å². The highest BCUT2D eigenvalue weighted by Crippen LogP contribution is 2.26. The topological polar surface area (TPSA) is 55.0 Å². The molecule has 0 spiro atoms. The van der Waals surface area contributed by atoms with E-state index in [1.54, 1.807) is 6.33 Å². The normalized spacial score (nSPS) is 11.2. The Bertz CT molecular complexity index is 563. The Morgan fingerprint density at radius 2 is 1.90 bits per heavy atom. The van der Waals surface area contributed by atoms with Gasteiger partial charge in [-0.1, -0.05) is 26.7 Å². The maximum atomic E-state index is 5.91. The Labute approximate surface area is 121 Å². The molecule has 2 aromatic rings. The van der Waals surface area contributed by atoms with Crippen molar-refractivity contribution in [3.05, 3.63) is 24.5 Å². The average molecular weight is 272 g/mol. The highest BCUT2D eigenvalue weighted by Gasteiger charge is 2.14. The van der Waals surface area contributed by atoms with Crippen LogP contribution >= 0.6 is 0 Å². The first-order valence-electron chi connectivity index (χ1n) is 7.44. The van der Waals surface area contributed by atoms with E-state index in [9.17, 15) is 0 Å². The number of hydrogen-bond donors (Lipinski definition) is 1. The third kappa shape index (κ3) is 3.00. The molecule has 2 rings (SSSR count). The molecule has 4 heteroatoms. The number of nitrogens with two attached hydrogens (primary N) is 1. The number of anilines is 2. The summed E-state index contributed by atoms with van der Waals surface area (Å²) in [5.41, 5.74) is 7.62. The Morgan fingerprint density at radius 1 is 1.15 bits per heavy atom. The molecular weight excluding hydrogens is 248 g/mol. The zero-order valence-corrected chi connectivity index (χ0v) is 12.6. The molecule has 20 heavy (non-hydrogen) atoms. The summed E-state index contributed by atoms with van der Waals surface area (Å²) >= 11 is 0. The van der Waals surface area contributed by atoms with Gasteiger partial charge in [0.2, 0.25) is 0 Å². The zero-order valence-electron chi connectivity index (χ0n) is 12.6. The first kappa shape index (κ1) is 14.6. The number of fused-ring (bicyclic) bond motifs is 1. The van der Waals surface area contributed by atoms with Gasteiger partial charge in [0.15, 0.2) is 0 Å². The van der Waals surface area contributed by atoms with E-state index in [-0.39, 0.29) is 0 Å². The minimum atomic E-state index is 0.695. The molecule has 0 radical (unpaired) electrons. The average Bonchev–Trinajstić information content (AvgIpc) is 2.48. The minimum absolute atomic E-state index is 0.695. The molecule has 2 N–H and O–H groups in total. The lowest BCUT2D eigenvalue weighted by atomic mass is 10.0. The molecule has 108 valence electrons. The van der Waals surface area contributed by atoms with E-state index < -0.39 is 0 Å². The van der Waals surface area contributed by atoms with E-state index in [1.807, 2.05) is 18.2 Å². The Balaban J connectivity index is 2.41. The van der Waals surface area contributed by atoms with Crippen molar-refractivity contribution in [2.75, 3.05) is 23.7 Å². The molecular formula is C16H24N4. The van der Waals surface area contributed by atoms with Crippen LogP contribution in [0.2, 0.25) is 0 Å². The molecule has 0 saturated heterocycles. The van der Waals surface area contributed by atoms with Gasteiger partial charge in [-0.3, -0.25) is 0 Å². The van der Waals surface area contributed by atoms with Gasteiger partial charge in [0.05, 0.1) is 5.52 Å². The van der Waals surface area contributed by atoms with Crippen molar-refractivity contribution in [3.63, 3.8) is 0 Å². The van der Waals surface area contributed by atoms with Crippen molar-refractivity contribution < 1.29 is 0 Å². The standard InChI is InChI=1S/C16H24N4/c1-4-12(5-2)10-20(6-3)16-14-9-13(17)7-8-15(14)18-11-19-16/h7-9,11-12H,4-6,10,17H2,1-3H3. The van der Waals surface area contributed by atoms with Gasteiger partial charge in [0, 0.05) is 24.2 Å². The quantitative estimate of drug-likeness (QED) is 0.818. The molecule has 1 aromatic heterocycles. The Hall–Kier alpha value is -1.84. The number of hydrogen-bond acceptors (Lipinski definition) is 4. The van der Waals surface area contributed by atoms with Gasteiger partial charge >= 0.3 is 0 Å². The molecule has 0 atom stereocenters. The molecule has 0 saturated carbocycles. The van der Waals surface area contributed by atoms with Crippen LogP contribution in [-0.2, 0) is 0 Å². The second kappa shape index (κ2) is 6.55. The van der Waals surface area contributed by atoms with Crippen LogP contribution in [0.3, 0.4) is 0 Å². The maximum absolute atomic E-state index is 5.91. The second-order valence-corrected chi connectivity index (χ2v) is 5.20. The Morgan fingerprint density at radius 3 is 2.55 bits per heavy atom. The largest absolute Gasteiger partial charge is 0.399 e. The highest BCUT2D eigenvalue weighted by atomic mass is 15.2. The zero-order chi connectivity index (χ0) is 14.5. The van der Waals surface area contributed by atoms with Crippen molar-refractivity contribution in [1.29, 1.82) is 0 Å². The lowest BCUT2D eigenvalue weighted by molar-refractivity contribution is 0.485. The van der Waals surface area contributed by atoms with E-state index in [4.69, 9.17) is 5.73 Å². The second-order valence-electron chi connectivity index (χ2n) is 5.20. The minimum Gasteiger partial charge on any atom is -0.399 e. The third-order valence-electron chi connectivity index (χ3n) is 3.95. The van der Waals surface area contributed by atoms with E-state index in [2.05, 4.69) is 35.6 Å². The van der Waals surface area contributed by atoms with Gasteiger partial charge in [0.1, 0.15) is 12.1 Å². The van der Waals surface area contributed by atoms with Crippen molar-refractivity contribution in [1.82, 2.24) is 9.97 Å². The number of aromatic nitrogens is 2. The lowest BCUT2D eigenvalue weighted by Crippen LogP contribution is -2.30. The van der Waals surface area contributed by atoms with Crippen LogP contribution in [0.5, 0.6) is 0 Å². The summed E-state index contributed by atoms with van der Waals surface area (Å²) in [6.07, 6.45) is 4.03. The van der Waals surface area contributed by atoms with Crippen LogP contribution in [0.25, 0.3) is 10.9 Å². The van der Waals surface area contributed by atoms with Crippen molar-refractivity contribution >= 4 is 22.4 Å². The van der Waals surface area contributed by atoms with Gasteiger partial charge in [0.25, 0.3) is 0 Å². The summed E-state index contributed by atoms with van der Waals surface area (Å²) in [7, 11) is 0. The molecule has 0 aliphatic rings. The molecule has 0 unspecified atom stereocenters. The van der Waals surface area contributed by atoms with Crippen LogP contribution in [0.15, 0.2) is 24.5 Å². The van der Waals surface area contributed by atoms with Crippen LogP contribution in [-0.4, -0.2) is 23.1 Å².